The van der Waals surface area contributed by atoms with Crippen LogP contribution in [0.2, 0.25) is 0 Å². The summed E-state index contributed by atoms with van der Waals surface area (Å²) >= 11 is 0. The summed E-state index contributed by atoms with van der Waals surface area (Å²) < 4.78 is 16.7. The minimum atomic E-state index is -0.156. The van der Waals surface area contributed by atoms with Crippen LogP contribution in [0.15, 0.2) is 53.9 Å². The van der Waals surface area contributed by atoms with Crippen molar-refractivity contribution < 1.29 is 9.47 Å². The molecule has 1 aliphatic heterocycles. The maximum Gasteiger partial charge on any atom is 0.333 e. The van der Waals surface area contributed by atoms with Gasteiger partial charge in [0.15, 0.2) is 0 Å². The lowest BCUT2D eigenvalue weighted by Gasteiger charge is -2.15. The molecule has 37 heavy (non-hydrogen) atoms. The molecule has 0 aliphatic carbocycles. The van der Waals surface area contributed by atoms with Crippen molar-refractivity contribution in [2.45, 2.75) is 32.2 Å². The van der Waals surface area contributed by atoms with Crippen molar-refractivity contribution in [3.63, 3.8) is 0 Å². The molecule has 0 saturated carbocycles. The zero-order chi connectivity index (χ0) is 26.1. The van der Waals surface area contributed by atoms with Gasteiger partial charge in [0.1, 0.15) is 5.75 Å². The Kier molecular flexibility index (Phi) is 6.86. The van der Waals surface area contributed by atoms with Gasteiger partial charge < -0.3 is 14.5 Å². The monoisotopic (exact) mass is 503 g/mol. The van der Waals surface area contributed by atoms with Crippen LogP contribution >= 0.6 is 0 Å². The third-order valence-corrected chi connectivity index (χ3v) is 6.85. The van der Waals surface area contributed by atoms with Gasteiger partial charge in [-0.2, -0.15) is 5.10 Å². The molecule has 1 aromatic carbocycles. The smallest absolute Gasteiger partial charge is 0.333 e. The van der Waals surface area contributed by atoms with E-state index in [4.69, 9.17) is 15.3 Å². The molecule has 0 spiro atoms. The Morgan fingerprint density at radius 2 is 2.11 bits per heavy atom. The molecule has 5 rings (SSSR count). The Morgan fingerprint density at radius 3 is 2.86 bits per heavy atom. The number of pyridine rings is 1. The SMILES string of the molecule is C/C=C/C(=C\N(C)N)c1cc2c(cc1OC)ncc1c2n(-c2cnn(C3CCCOCC3)c2)c(=O)n1C. The molecule has 0 radical (unpaired) electrons. The summed E-state index contributed by atoms with van der Waals surface area (Å²) in [5, 5.41) is 6.98. The van der Waals surface area contributed by atoms with Crippen LogP contribution in [0.25, 0.3) is 33.2 Å². The molecule has 0 amide bonds. The van der Waals surface area contributed by atoms with Crippen LogP contribution in [0.1, 0.15) is 37.8 Å². The molecule has 10 nitrogen and oxygen atoms in total. The van der Waals surface area contributed by atoms with Gasteiger partial charge in [-0.15, -0.1) is 0 Å². The maximum absolute atomic E-state index is 13.5. The van der Waals surface area contributed by atoms with Crippen molar-refractivity contribution in [1.29, 1.82) is 0 Å². The average molecular weight is 504 g/mol. The molecule has 4 aromatic rings. The van der Waals surface area contributed by atoms with Gasteiger partial charge in [-0.05, 0) is 32.3 Å². The Bertz CT molecular complexity index is 1550. The summed E-state index contributed by atoms with van der Waals surface area (Å²) in [4.78, 5) is 18.2. The molecule has 194 valence electrons. The van der Waals surface area contributed by atoms with Crippen molar-refractivity contribution in [2.75, 3.05) is 27.4 Å². The van der Waals surface area contributed by atoms with E-state index in [1.165, 1.54) is 5.01 Å². The van der Waals surface area contributed by atoms with Gasteiger partial charge in [0, 0.05) is 62.3 Å². The van der Waals surface area contributed by atoms with E-state index in [0.717, 1.165) is 71.2 Å². The normalized spacial score (nSPS) is 17.1. The number of methoxy groups -OCH3 is 1. The highest BCUT2D eigenvalue weighted by atomic mass is 16.5. The molecule has 1 saturated heterocycles. The molecular weight excluding hydrogens is 470 g/mol. The van der Waals surface area contributed by atoms with Crippen LogP contribution in [-0.2, 0) is 11.8 Å². The van der Waals surface area contributed by atoms with Gasteiger partial charge >= 0.3 is 5.69 Å². The summed E-state index contributed by atoms with van der Waals surface area (Å²) in [6.07, 6.45) is 14.1. The molecule has 4 heterocycles. The van der Waals surface area contributed by atoms with E-state index in [9.17, 15) is 4.79 Å². The Hall–Kier alpha value is -3.89. The predicted molar refractivity (Wildman–Crippen MR) is 145 cm³/mol. The number of nitrogens with zero attached hydrogens (tertiary/aromatic N) is 6. The van der Waals surface area contributed by atoms with Crippen LogP contribution in [-0.4, -0.2) is 56.3 Å². The quantitative estimate of drug-likeness (QED) is 0.244. The molecule has 1 atom stereocenters. The summed E-state index contributed by atoms with van der Waals surface area (Å²) in [5.41, 5.74) is 4.51. The van der Waals surface area contributed by atoms with Crippen LogP contribution in [0.5, 0.6) is 5.75 Å². The predicted octanol–water partition coefficient (Wildman–Crippen LogP) is 3.55. The Balaban J connectivity index is 1.75. The van der Waals surface area contributed by atoms with E-state index >= 15 is 0 Å². The summed E-state index contributed by atoms with van der Waals surface area (Å²) in [7, 11) is 5.17. The number of allylic oxidation sites excluding steroid dienone is 3. The number of aryl methyl sites for hydroxylation is 1. The van der Waals surface area contributed by atoms with Gasteiger partial charge in [0.25, 0.3) is 0 Å². The summed E-state index contributed by atoms with van der Waals surface area (Å²) in [6, 6.07) is 4.16. The zero-order valence-corrected chi connectivity index (χ0v) is 21.7. The molecular formula is C27H33N7O3. The van der Waals surface area contributed by atoms with Crippen LogP contribution in [0.3, 0.4) is 0 Å². The molecule has 1 unspecified atom stereocenters. The largest absolute Gasteiger partial charge is 0.496 e. The van der Waals surface area contributed by atoms with Gasteiger partial charge in [0.05, 0.1) is 47.8 Å². The van der Waals surface area contributed by atoms with Crippen molar-refractivity contribution in [3.05, 3.63) is 65.1 Å². The molecule has 3 aromatic heterocycles. The first-order valence-corrected chi connectivity index (χ1v) is 12.5. The van der Waals surface area contributed by atoms with Crippen molar-refractivity contribution in [1.82, 2.24) is 28.9 Å². The van der Waals surface area contributed by atoms with Gasteiger partial charge in [-0.25, -0.2) is 10.6 Å². The minimum absolute atomic E-state index is 0.156. The average Bonchev–Trinajstić information content (AvgIpc) is 3.34. The fourth-order valence-electron chi connectivity index (χ4n) is 5.05. The number of benzene rings is 1. The highest BCUT2D eigenvalue weighted by Crippen LogP contribution is 2.35. The van der Waals surface area contributed by atoms with Crippen LogP contribution < -0.4 is 16.3 Å². The number of imidazole rings is 1. The fraction of sp³-hybridized carbons (Fsp3) is 0.370. The molecule has 2 N–H and O–H groups in total. The lowest BCUT2D eigenvalue weighted by Crippen LogP contribution is -2.20. The highest BCUT2D eigenvalue weighted by molar-refractivity contribution is 6.05. The van der Waals surface area contributed by atoms with E-state index in [1.54, 1.807) is 42.7 Å². The third kappa shape index (κ3) is 4.54. The first-order chi connectivity index (χ1) is 17.9. The number of hydrazine groups is 1. The van der Waals surface area contributed by atoms with Gasteiger partial charge in [0.2, 0.25) is 0 Å². The van der Waals surface area contributed by atoms with E-state index in [-0.39, 0.29) is 11.7 Å². The standard InChI is InChI=1S/C27H33N7O3/c1-5-7-18(16-31(2)28)21-12-22-23(13-25(21)36-4)29-15-24-26(22)34(27(35)32(24)3)20-14-30-33(17-20)19-8-6-10-37-11-9-19/h5,7,12-17,19H,6,8-11,28H2,1-4H3/b7-5+,18-16+. The Labute approximate surface area is 215 Å². The lowest BCUT2D eigenvalue weighted by molar-refractivity contribution is 0.141. The minimum Gasteiger partial charge on any atom is -0.496 e. The maximum atomic E-state index is 13.5. The molecule has 0 bridgehead atoms. The van der Waals surface area contributed by atoms with E-state index in [2.05, 4.69) is 10.1 Å². The van der Waals surface area contributed by atoms with Crippen LogP contribution in [0, 0.1) is 0 Å². The number of fused-ring (bicyclic) bond motifs is 3. The number of ether oxygens (including phenoxy) is 2. The van der Waals surface area contributed by atoms with Gasteiger partial charge in [-0.1, -0.05) is 12.2 Å². The number of rotatable bonds is 6. The summed E-state index contributed by atoms with van der Waals surface area (Å²) in [6.45, 7) is 3.45. The second-order valence-corrected chi connectivity index (χ2v) is 9.36. The van der Waals surface area contributed by atoms with E-state index in [0.29, 0.717) is 5.75 Å². The third-order valence-electron chi connectivity index (χ3n) is 6.85. The Morgan fingerprint density at radius 1 is 1.27 bits per heavy atom. The fourth-order valence-corrected chi connectivity index (χ4v) is 5.05. The molecule has 10 heteroatoms. The van der Waals surface area contributed by atoms with Gasteiger partial charge in [-0.3, -0.25) is 18.8 Å². The van der Waals surface area contributed by atoms with Crippen LogP contribution in [0.4, 0.5) is 0 Å². The van der Waals surface area contributed by atoms with E-state index < -0.39 is 0 Å². The zero-order valence-electron chi connectivity index (χ0n) is 21.7. The van der Waals surface area contributed by atoms with Crippen molar-refractivity contribution in [3.8, 4) is 11.4 Å². The lowest BCUT2D eigenvalue weighted by atomic mass is 10.0. The number of hydrogen-bond donors (Lipinski definition) is 1. The number of aromatic nitrogens is 5. The topological polar surface area (TPSA) is 105 Å². The highest BCUT2D eigenvalue weighted by Gasteiger charge is 2.21. The number of nitrogens with two attached hydrogens (primary N) is 1. The molecule has 1 aliphatic rings. The molecule has 1 fully saturated rings. The second kappa shape index (κ2) is 10.2. The van der Waals surface area contributed by atoms with E-state index in [1.807, 2.05) is 48.3 Å². The first kappa shape index (κ1) is 24.8. The second-order valence-electron chi connectivity index (χ2n) is 9.36. The van der Waals surface area contributed by atoms with Crippen molar-refractivity contribution >= 4 is 27.5 Å². The first-order valence-electron chi connectivity index (χ1n) is 12.5. The number of hydrogen-bond acceptors (Lipinski definition) is 7. The van der Waals surface area contributed by atoms with Crippen molar-refractivity contribution in [2.24, 2.45) is 12.9 Å². The summed E-state index contributed by atoms with van der Waals surface area (Å²) in [5.74, 6) is 6.62.